The lowest BCUT2D eigenvalue weighted by molar-refractivity contribution is -0.0537. The van der Waals surface area contributed by atoms with Crippen molar-refractivity contribution in [3.63, 3.8) is 0 Å². The fraction of sp³-hybridized carbons (Fsp3) is 0.412. The minimum absolute atomic E-state index is 0.194. The molecule has 1 aliphatic carbocycles. The summed E-state index contributed by atoms with van der Waals surface area (Å²) in [5.41, 5.74) is 0.971. The number of nitrogens with zero attached hydrogens (tertiary/aromatic N) is 3. The predicted molar refractivity (Wildman–Crippen MR) is 97.2 cm³/mol. The average Bonchev–Trinajstić information content (AvgIpc) is 3.08. The summed E-state index contributed by atoms with van der Waals surface area (Å²) >= 11 is 6.98. The number of aliphatic hydroxyl groups excluding tert-OH is 1. The molecule has 9 heteroatoms. The first kappa shape index (κ1) is 17.9. The third kappa shape index (κ3) is 2.84. The topological polar surface area (TPSA) is 94.3 Å². The van der Waals surface area contributed by atoms with Gasteiger partial charge in [-0.3, -0.25) is 0 Å². The average molecular weight is 410 g/mol. The minimum Gasteiger partial charge on any atom is -0.393 e. The number of hydrogen-bond acceptors (Lipinski definition) is 6. The number of nitriles is 1. The first-order valence-electron chi connectivity index (χ1n) is 8.25. The Morgan fingerprint density at radius 2 is 2.12 bits per heavy atom. The van der Waals surface area contributed by atoms with Crippen LogP contribution in [0.2, 0.25) is 4.34 Å². The molecule has 6 nitrogen and oxygen atoms in total. The van der Waals surface area contributed by atoms with Crippen LogP contribution in [0, 0.1) is 17.2 Å². The van der Waals surface area contributed by atoms with Gasteiger partial charge in [0.05, 0.1) is 16.5 Å². The number of piperidine rings is 2. The highest BCUT2D eigenvalue weighted by atomic mass is 35.5. The molecule has 0 amide bonds. The van der Waals surface area contributed by atoms with E-state index >= 15 is 0 Å². The fourth-order valence-electron chi connectivity index (χ4n) is 4.09. The highest BCUT2D eigenvalue weighted by molar-refractivity contribution is 7.91. The highest BCUT2D eigenvalue weighted by Crippen LogP contribution is 2.50. The normalized spacial score (nSPS) is 28.8. The number of fused-ring (bicyclic) bond motifs is 3. The van der Waals surface area contributed by atoms with Gasteiger partial charge >= 0.3 is 0 Å². The van der Waals surface area contributed by atoms with E-state index in [1.807, 2.05) is 6.07 Å². The van der Waals surface area contributed by atoms with Crippen LogP contribution in [0.5, 0.6) is 0 Å². The van der Waals surface area contributed by atoms with E-state index in [1.54, 1.807) is 24.4 Å². The van der Waals surface area contributed by atoms with Gasteiger partial charge < -0.3 is 5.11 Å². The van der Waals surface area contributed by atoms with Crippen molar-refractivity contribution in [2.75, 3.05) is 0 Å². The molecule has 0 unspecified atom stereocenters. The van der Waals surface area contributed by atoms with Crippen molar-refractivity contribution in [1.82, 2.24) is 9.29 Å². The largest absolute Gasteiger partial charge is 0.393 e. The van der Waals surface area contributed by atoms with E-state index < -0.39 is 22.2 Å². The maximum absolute atomic E-state index is 13.3. The van der Waals surface area contributed by atoms with Crippen molar-refractivity contribution < 1.29 is 13.5 Å². The monoisotopic (exact) mass is 409 g/mol. The van der Waals surface area contributed by atoms with E-state index in [1.165, 1.54) is 10.4 Å². The summed E-state index contributed by atoms with van der Waals surface area (Å²) in [6.07, 6.45) is 2.91. The Bertz CT molecular complexity index is 968. The SMILES string of the molecule is N#Cc1ccc([C@@H]2[C@@H]3CC[C@@H](C[C@@H]3O)N2S(=O)(=O)c2ccc(Cl)s2)cn1. The van der Waals surface area contributed by atoms with Crippen molar-refractivity contribution in [2.45, 2.75) is 41.7 Å². The molecule has 2 aromatic heterocycles. The Morgan fingerprint density at radius 3 is 2.69 bits per heavy atom. The van der Waals surface area contributed by atoms with E-state index in [2.05, 4.69) is 4.98 Å². The molecular formula is C17H16ClN3O3S2. The third-order valence-corrected chi connectivity index (χ3v) is 8.84. The van der Waals surface area contributed by atoms with Crippen LogP contribution in [-0.4, -0.2) is 35.0 Å². The highest BCUT2D eigenvalue weighted by Gasteiger charge is 2.52. The van der Waals surface area contributed by atoms with Gasteiger partial charge in [0.25, 0.3) is 10.0 Å². The second-order valence-electron chi connectivity index (χ2n) is 6.62. The van der Waals surface area contributed by atoms with Gasteiger partial charge in [-0.15, -0.1) is 11.3 Å². The Kier molecular flexibility index (Phi) is 4.53. The molecule has 1 saturated carbocycles. The quantitative estimate of drug-likeness (QED) is 0.840. The molecule has 136 valence electrons. The van der Waals surface area contributed by atoms with E-state index in [-0.39, 0.29) is 21.9 Å². The molecule has 5 rings (SSSR count). The number of aliphatic hydroxyl groups is 1. The maximum Gasteiger partial charge on any atom is 0.253 e. The molecule has 4 atom stereocenters. The lowest BCUT2D eigenvalue weighted by Crippen LogP contribution is -2.57. The van der Waals surface area contributed by atoms with Crippen LogP contribution in [0.1, 0.15) is 36.6 Å². The van der Waals surface area contributed by atoms with Crippen LogP contribution in [0.15, 0.2) is 34.7 Å². The van der Waals surface area contributed by atoms with Crippen molar-refractivity contribution in [2.24, 2.45) is 5.92 Å². The van der Waals surface area contributed by atoms with Gasteiger partial charge in [0.15, 0.2) is 0 Å². The second kappa shape index (κ2) is 6.59. The lowest BCUT2D eigenvalue weighted by atomic mass is 9.72. The number of sulfonamides is 1. The molecule has 4 heterocycles. The fourth-order valence-corrected chi connectivity index (χ4v) is 7.56. The summed E-state index contributed by atoms with van der Waals surface area (Å²) in [6.45, 7) is 0. The molecule has 0 aromatic carbocycles. The molecule has 1 N–H and O–H groups in total. The zero-order chi connectivity index (χ0) is 18.5. The van der Waals surface area contributed by atoms with Gasteiger partial charge in [0.1, 0.15) is 16.0 Å². The zero-order valence-electron chi connectivity index (χ0n) is 13.6. The zero-order valence-corrected chi connectivity index (χ0v) is 16.0. The minimum atomic E-state index is -3.74. The summed E-state index contributed by atoms with van der Waals surface area (Å²) in [7, 11) is -3.74. The summed E-state index contributed by atoms with van der Waals surface area (Å²) in [5.74, 6) is -0.194. The van der Waals surface area contributed by atoms with Gasteiger partial charge in [-0.1, -0.05) is 17.7 Å². The predicted octanol–water partition coefficient (Wildman–Crippen LogP) is 2.94. The summed E-state index contributed by atoms with van der Waals surface area (Å²) in [5, 5.41) is 19.4. The van der Waals surface area contributed by atoms with E-state index in [0.29, 0.717) is 16.3 Å². The third-order valence-electron chi connectivity index (χ3n) is 5.20. The van der Waals surface area contributed by atoms with E-state index in [9.17, 15) is 13.5 Å². The first-order valence-corrected chi connectivity index (χ1v) is 10.9. The lowest BCUT2D eigenvalue weighted by Gasteiger charge is -2.52. The van der Waals surface area contributed by atoms with Gasteiger partial charge in [0.2, 0.25) is 0 Å². The summed E-state index contributed by atoms with van der Waals surface area (Å²) in [4.78, 5) is 4.09. The molecule has 26 heavy (non-hydrogen) atoms. The Balaban J connectivity index is 1.81. The molecule has 2 saturated heterocycles. The number of hydrogen-bond donors (Lipinski definition) is 1. The molecule has 3 fully saturated rings. The van der Waals surface area contributed by atoms with Crippen LogP contribution in [0.25, 0.3) is 0 Å². The number of aromatic nitrogens is 1. The maximum atomic E-state index is 13.3. The molecule has 2 aliphatic heterocycles. The van der Waals surface area contributed by atoms with Crippen LogP contribution < -0.4 is 0 Å². The number of pyridine rings is 1. The van der Waals surface area contributed by atoms with Crippen LogP contribution >= 0.6 is 22.9 Å². The van der Waals surface area contributed by atoms with Crippen molar-refractivity contribution in [3.05, 3.63) is 46.1 Å². The molecule has 0 spiro atoms. The van der Waals surface area contributed by atoms with Gasteiger partial charge in [-0.05, 0) is 43.0 Å². The number of thiophene rings is 1. The van der Waals surface area contributed by atoms with E-state index in [4.69, 9.17) is 16.9 Å². The van der Waals surface area contributed by atoms with Gasteiger partial charge in [-0.25, -0.2) is 13.4 Å². The Morgan fingerprint density at radius 1 is 1.31 bits per heavy atom. The second-order valence-corrected chi connectivity index (χ2v) is 10.4. The summed E-state index contributed by atoms with van der Waals surface area (Å²) in [6, 6.07) is 7.62. The Hall–Kier alpha value is -1.50. The van der Waals surface area contributed by atoms with Crippen LogP contribution in [0.4, 0.5) is 0 Å². The molecule has 2 bridgehead atoms. The summed E-state index contributed by atoms with van der Waals surface area (Å²) < 4.78 is 28.8. The van der Waals surface area contributed by atoms with Crippen LogP contribution in [-0.2, 0) is 10.0 Å². The molecule has 3 aliphatic rings. The molecule has 2 aromatic rings. The smallest absolute Gasteiger partial charge is 0.253 e. The van der Waals surface area contributed by atoms with E-state index in [0.717, 1.165) is 24.2 Å². The Labute approximate surface area is 160 Å². The standard InChI is InChI=1S/C17H16ClN3O3S2/c18-15-5-6-16(25-15)26(23,24)21-12-3-4-13(14(22)7-12)17(21)10-1-2-11(8-19)20-9-10/h1-2,5-6,9,12-14,17,22H,3-4,7H2/t12-,13+,14-,17+/m0/s1. The number of rotatable bonds is 3. The van der Waals surface area contributed by atoms with Crippen molar-refractivity contribution in [3.8, 4) is 6.07 Å². The van der Waals surface area contributed by atoms with Crippen molar-refractivity contribution in [1.29, 1.82) is 5.26 Å². The molecular weight excluding hydrogens is 394 g/mol. The van der Waals surface area contributed by atoms with Gasteiger partial charge in [0, 0.05) is 18.2 Å². The molecule has 0 radical (unpaired) electrons. The first-order chi connectivity index (χ1) is 12.4. The van der Waals surface area contributed by atoms with Crippen molar-refractivity contribution >= 4 is 33.0 Å². The van der Waals surface area contributed by atoms with Crippen LogP contribution in [0.3, 0.4) is 0 Å². The van der Waals surface area contributed by atoms with Gasteiger partial charge in [-0.2, -0.15) is 9.57 Å². The number of halogens is 1.